The second kappa shape index (κ2) is 9.73. The first-order chi connectivity index (χ1) is 16.3. The number of ether oxygens (including phenoxy) is 1. The molecule has 7 heteroatoms. The van der Waals surface area contributed by atoms with Crippen molar-refractivity contribution in [2.24, 2.45) is 4.99 Å². The predicted molar refractivity (Wildman–Crippen MR) is 139 cm³/mol. The number of thioether (sulfide) groups is 1. The van der Waals surface area contributed by atoms with Gasteiger partial charge in [-0.05, 0) is 82.3 Å². The van der Waals surface area contributed by atoms with Gasteiger partial charge in [-0.15, -0.1) is 0 Å². The summed E-state index contributed by atoms with van der Waals surface area (Å²) in [7, 11) is 0. The zero-order valence-corrected chi connectivity index (χ0v) is 20.7. The molecule has 34 heavy (non-hydrogen) atoms. The zero-order chi connectivity index (χ0) is 24.4. The average Bonchev–Trinajstić information content (AvgIpc) is 3.25. The number of carbonyl (C=O) groups excluding carboxylic acids is 2. The van der Waals surface area contributed by atoms with Crippen LogP contribution in [0.4, 0.5) is 11.4 Å². The van der Waals surface area contributed by atoms with Crippen molar-refractivity contribution in [2.45, 2.75) is 34.6 Å². The van der Waals surface area contributed by atoms with Gasteiger partial charge in [-0.3, -0.25) is 9.69 Å². The van der Waals surface area contributed by atoms with Gasteiger partial charge in [0.1, 0.15) is 0 Å². The molecule has 0 saturated carbocycles. The number of amides is 1. The lowest BCUT2D eigenvalue weighted by molar-refractivity contribution is -0.113. The van der Waals surface area contributed by atoms with Crippen LogP contribution in [0.2, 0.25) is 0 Å². The fraction of sp³-hybridized carbons (Fsp3) is 0.222. The summed E-state index contributed by atoms with van der Waals surface area (Å²) in [5.41, 5.74) is 6.46. The third kappa shape index (κ3) is 4.70. The van der Waals surface area contributed by atoms with E-state index >= 15 is 0 Å². The average molecular weight is 474 g/mol. The van der Waals surface area contributed by atoms with E-state index in [2.05, 4.69) is 4.98 Å². The van der Waals surface area contributed by atoms with Crippen LogP contribution in [-0.4, -0.2) is 28.6 Å². The summed E-state index contributed by atoms with van der Waals surface area (Å²) < 4.78 is 5.19. The Balaban J connectivity index is 1.76. The van der Waals surface area contributed by atoms with Crippen LogP contribution in [0.15, 0.2) is 58.4 Å². The lowest BCUT2D eigenvalue weighted by Gasteiger charge is -2.16. The second-order valence-electron chi connectivity index (χ2n) is 8.20. The fourth-order valence-corrected chi connectivity index (χ4v) is 4.74. The Morgan fingerprint density at radius 1 is 1.03 bits per heavy atom. The SMILES string of the molecule is CCOC(=O)c1c(C)[nH]c(/C=C2\SC(=Nc3ccc(C)cc3)N(c3ccc(C)cc3)C2=O)c1C. The first-order valence-corrected chi connectivity index (χ1v) is 11.9. The number of H-pyrrole nitrogens is 1. The third-order valence-corrected chi connectivity index (χ3v) is 6.56. The highest BCUT2D eigenvalue weighted by Crippen LogP contribution is 2.38. The number of aliphatic imine (C=N–C) groups is 1. The number of rotatable bonds is 5. The molecule has 3 aromatic rings. The molecule has 0 aliphatic carbocycles. The molecule has 4 rings (SSSR count). The Hall–Kier alpha value is -3.58. The number of carbonyl (C=O) groups is 2. The standard InChI is InChI=1S/C27H27N3O3S/c1-6-33-26(32)24-18(4)22(28-19(24)5)15-23-25(31)30(21-13-9-17(3)10-14-21)27(34-23)29-20-11-7-16(2)8-12-20/h7-15,28H,6H2,1-5H3/b23-15-,29-27?. The molecule has 2 heterocycles. The number of amidine groups is 1. The van der Waals surface area contributed by atoms with E-state index < -0.39 is 0 Å². The number of nitrogens with one attached hydrogen (secondary N) is 1. The molecule has 0 bridgehead atoms. The van der Waals surface area contributed by atoms with Gasteiger partial charge in [0, 0.05) is 11.4 Å². The van der Waals surface area contributed by atoms with E-state index in [1.807, 2.05) is 76.2 Å². The topological polar surface area (TPSA) is 74.8 Å². The fourth-order valence-electron chi connectivity index (χ4n) is 3.76. The summed E-state index contributed by atoms with van der Waals surface area (Å²) >= 11 is 1.31. The van der Waals surface area contributed by atoms with E-state index in [0.717, 1.165) is 28.1 Å². The summed E-state index contributed by atoms with van der Waals surface area (Å²) in [6.07, 6.45) is 1.79. The minimum Gasteiger partial charge on any atom is -0.462 e. The molecule has 0 atom stereocenters. The molecule has 1 aliphatic heterocycles. The van der Waals surface area contributed by atoms with Crippen LogP contribution in [0, 0.1) is 27.7 Å². The number of anilines is 1. The highest BCUT2D eigenvalue weighted by atomic mass is 32.2. The minimum atomic E-state index is -0.369. The largest absolute Gasteiger partial charge is 0.462 e. The van der Waals surface area contributed by atoms with Crippen LogP contribution in [0.25, 0.3) is 6.08 Å². The Morgan fingerprint density at radius 3 is 2.26 bits per heavy atom. The second-order valence-corrected chi connectivity index (χ2v) is 9.21. The van der Waals surface area contributed by atoms with Crippen molar-refractivity contribution < 1.29 is 14.3 Å². The third-order valence-electron chi connectivity index (χ3n) is 5.59. The van der Waals surface area contributed by atoms with E-state index in [0.29, 0.717) is 33.6 Å². The summed E-state index contributed by atoms with van der Waals surface area (Å²) in [5, 5.41) is 0.579. The van der Waals surface area contributed by atoms with E-state index in [1.165, 1.54) is 11.8 Å². The lowest BCUT2D eigenvalue weighted by Crippen LogP contribution is -2.28. The molecule has 1 fully saturated rings. The number of hydrogen-bond acceptors (Lipinski definition) is 5. The first-order valence-electron chi connectivity index (χ1n) is 11.1. The van der Waals surface area contributed by atoms with Gasteiger partial charge >= 0.3 is 5.97 Å². The Labute approximate surface area is 203 Å². The number of aromatic amines is 1. The normalized spacial score (nSPS) is 16.0. The van der Waals surface area contributed by atoms with Crippen LogP contribution in [-0.2, 0) is 9.53 Å². The summed E-state index contributed by atoms with van der Waals surface area (Å²) in [6, 6.07) is 15.7. The molecule has 1 amide bonds. The van der Waals surface area contributed by atoms with Crippen molar-refractivity contribution in [1.82, 2.24) is 4.98 Å². The highest BCUT2D eigenvalue weighted by molar-refractivity contribution is 8.19. The quantitative estimate of drug-likeness (QED) is 0.352. The maximum Gasteiger partial charge on any atom is 0.340 e. The highest BCUT2D eigenvalue weighted by Gasteiger charge is 2.35. The molecule has 174 valence electrons. The molecule has 0 radical (unpaired) electrons. The van der Waals surface area contributed by atoms with Crippen molar-refractivity contribution in [3.63, 3.8) is 0 Å². The number of nitrogens with zero attached hydrogens (tertiary/aromatic N) is 2. The van der Waals surface area contributed by atoms with Gasteiger partial charge in [-0.2, -0.15) is 0 Å². The maximum atomic E-state index is 13.5. The van der Waals surface area contributed by atoms with Crippen LogP contribution < -0.4 is 4.90 Å². The first kappa shape index (κ1) is 23.6. The smallest absolute Gasteiger partial charge is 0.340 e. The Kier molecular flexibility index (Phi) is 6.75. The number of aromatic nitrogens is 1. The van der Waals surface area contributed by atoms with E-state index in [9.17, 15) is 9.59 Å². The summed E-state index contributed by atoms with van der Waals surface area (Å²) in [5.74, 6) is -0.532. The van der Waals surface area contributed by atoms with Crippen molar-refractivity contribution in [1.29, 1.82) is 0 Å². The monoisotopic (exact) mass is 473 g/mol. The van der Waals surface area contributed by atoms with Gasteiger partial charge in [0.2, 0.25) is 0 Å². The summed E-state index contributed by atoms with van der Waals surface area (Å²) in [4.78, 5) is 36.1. The number of hydrogen-bond donors (Lipinski definition) is 1. The van der Waals surface area contributed by atoms with Gasteiger partial charge in [0.25, 0.3) is 5.91 Å². The van der Waals surface area contributed by atoms with Gasteiger partial charge in [0.15, 0.2) is 5.17 Å². The maximum absolute atomic E-state index is 13.5. The Bertz CT molecular complexity index is 1300. The number of benzene rings is 2. The Morgan fingerprint density at radius 2 is 1.65 bits per heavy atom. The molecule has 2 aromatic carbocycles. The predicted octanol–water partition coefficient (Wildman–Crippen LogP) is 6.23. The van der Waals surface area contributed by atoms with Crippen LogP contribution in [0.5, 0.6) is 0 Å². The molecule has 0 unspecified atom stereocenters. The van der Waals surface area contributed by atoms with Crippen molar-refractivity contribution in [3.8, 4) is 0 Å². The van der Waals surface area contributed by atoms with Gasteiger partial charge in [-0.1, -0.05) is 35.4 Å². The molecule has 6 nitrogen and oxygen atoms in total. The van der Waals surface area contributed by atoms with Crippen molar-refractivity contribution in [3.05, 3.63) is 87.1 Å². The molecule has 1 saturated heterocycles. The molecule has 1 aromatic heterocycles. The van der Waals surface area contributed by atoms with Crippen LogP contribution >= 0.6 is 11.8 Å². The summed E-state index contributed by atoms with van der Waals surface area (Å²) in [6.45, 7) is 9.79. The van der Waals surface area contributed by atoms with Gasteiger partial charge < -0.3 is 9.72 Å². The molecule has 1 N–H and O–H groups in total. The molecular weight excluding hydrogens is 446 g/mol. The van der Waals surface area contributed by atoms with Crippen LogP contribution in [0.3, 0.4) is 0 Å². The minimum absolute atomic E-state index is 0.163. The van der Waals surface area contributed by atoms with E-state index in [-0.39, 0.29) is 11.9 Å². The zero-order valence-electron chi connectivity index (χ0n) is 19.9. The molecule has 0 spiro atoms. The van der Waals surface area contributed by atoms with E-state index in [1.54, 1.807) is 17.9 Å². The van der Waals surface area contributed by atoms with E-state index in [4.69, 9.17) is 9.73 Å². The molecule has 1 aliphatic rings. The van der Waals surface area contributed by atoms with Crippen molar-refractivity contribution >= 4 is 46.3 Å². The van der Waals surface area contributed by atoms with Crippen LogP contribution in [0.1, 0.15) is 45.4 Å². The lowest BCUT2D eigenvalue weighted by atomic mass is 10.1. The number of esters is 1. The van der Waals surface area contributed by atoms with Gasteiger partial charge in [0.05, 0.1) is 28.5 Å². The molecular formula is C27H27N3O3S. The van der Waals surface area contributed by atoms with Crippen molar-refractivity contribution in [2.75, 3.05) is 11.5 Å². The van der Waals surface area contributed by atoms with Gasteiger partial charge in [-0.25, -0.2) is 9.79 Å². The number of aryl methyl sites for hydroxylation is 3.